The molecule has 1 aromatic rings. The predicted octanol–water partition coefficient (Wildman–Crippen LogP) is 1.21. The molecular formula is C17H25N3O4. The Bertz CT molecular complexity index is 648. The third-order valence-corrected chi connectivity index (χ3v) is 5.57. The van der Waals surface area contributed by atoms with Gasteiger partial charge < -0.3 is 19.3 Å². The maximum Gasteiger partial charge on any atom is 0.275 e. The molecule has 0 saturated carbocycles. The van der Waals surface area contributed by atoms with Gasteiger partial charge in [0.15, 0.2) is 11.6 Å². The Morgan fingerprint density at radius 1 is 1.38 bits per heavy atom. The normalized spacial score (nSPS) is 26.2. The molecule has 0 unspecified atom stereocenters. The lowest BCUT2D eigenvalue weighted by Crippen LogP contribution is -2.46. The zero-order chi connectivity index (χ0) is 17.5. The topological polar surface area (TPSA) is 86.9 Å². The van der Waals surface area contributed by atoms with Gasteiger partial charge in [-0.2, -0.15) is 0 Å². The van der Waals surface area contributed by atoms with Crippen molar-refractivity contribution in [2.75, 3.05) is 26.2 Å². The molecule has 2 fully saturated rings. The molecule has 1 N–H and O–H groups in total. The SMILES string of the molecule is CC(=O)N1CC2(CCN(C(=O)c3coc(C)n3)CC2)C[C@]1(C)CO. The van der Waals surface area contributed by atoms with Gasteiger partial charge in [-0.25, -0.2) is 4.98 Å². The molecule has 0 radical (unpaired) electrons. The molecule has 2 amide bonds. The number of aliphatic hydroxyl groups excluding tert-OH is 1. The first-order valence-corrected chi connectivity index (χ1v) is 8.39. The number of hydrogen-bond donors (Lipinski definition) is 1. The van der Waals surface area contributed by atoms with Crippen LogP contribution in [0.1, 0.15) is 49.5 Å². The second kappa shape index (κ2) is 5.88. The first kappa shape index (κ1) is 17.0. The van der Waals surface area contributed by atoms with E-state index < -0.39 is 5.54 Å². The van der Waals surface area contributed by atoms with Crippen LogP contribution >= 0.6 is 0 Å². The minimum absolute atomic E-state index is 0.00000307. The van der Waals surface area contributed by atoms with Gasteiger partial charge in [-0.15, -0.1) is 0 Å². The Hall–Kier alpha value is -1.89. The maximum atomic E-state index is 12.5. The van der Waals surface area contributed by atoms with E-state index in [4.69, 9.17) is 4.42 Å². The summed E-state index contributed by atoms with van der Waals surface area (Å²) in [5.74, 6) is 0.381. The number of aliphatic hydroxyl groups is 1. The van der Waals surface area contributed by atoms with E-state index in [-0.39, 0.29) is 23.8 Å². The molecule has 1 atom stereocenters. The minimum atomic E-state index is -0.499. The standard InChI is InChI=1S/C17H25N3O4/c1-12-18-14(8-24-12)15(23)19-6-4-17(5-7-19)9-16(3,11-21)20(10-17)13(2)22/h8,21H,4-7,9-11H2,1-3H3/t16-/m1/s1. The van der Waals surface area contributed by atoms with Gasteiger partial charge in [0.2, 0.25) is 5.91 Å². The van der Waals surface area contributed by atoms with Crippen molar-refractivity contribution in [1.29, 1.82) is 0 Å². The van der Waals surface area contributed by atoms with Crippen LogP contribution in [0.4, 0.5) is 0 Å². The first-order chi connectivity index (χ1) is 11.3. The quantitative estimate of drug-likeness (QED) is 0.878. The number of rotatable bonds is 2. The Labute approximate surface area is 141 Å². The minimum Gasteiger partial charge on any atom is -0.448 e. The molecule has 0 bridgehead atoms. The number of amides is 2. The molecule has 2 aliphatic rings. The monoisotopic (exact) mass is 335 g/mol. The summed E-state index contributed by atoms with van der Waals surface area (Å²) >= 11 is 0. The van der Waals surface area contributed by atoms with Crippen LogP contribution in [-0.4, -0.2) is 63.5 Å². The van der Waals surface area contributed by atoms with Gasteiger partial charge in [0, 0.05) is 33.5 Å². The number of oxazole rings is 1. The maximum absolute atomic E-state index is 12.5. The fourth-order valence-corrected chi connectivity index (χ4v) is 4.26. The van der Waals surface area contributed by atoms with E-state index in [9.17, 15) is 14.7 Å². The highest BCUT2D eigenvalue weighted by molar-refractivity contribution is 5.92. The Balaban J connectivity index is 1.69. The summed E-state index contributed by atoms with van der Waals surface area (Å²) in [5.41, 5.74) is -0.165. The number of hydrogen-bond acceptors (Lipinski definition) is 5. The number of aromatic nitrogens is 1. The van der Waals surface area contributed by atoms with E-state index in [0.29, 0.717) is 31.2 Å². The lowest BCUT2D eigenvalue weighted by molar-refractivity contribution is -0.134. The van der Waals surface area contributed by atoms with Crippen LogP contribution in [-0.2, 0) is 4.79 Å². The van der Waals surface area contributed by atoms with Gasteiger partial charge >= 0.3 is 0 Å². The fraction of sp³-hybridized carbons (Fsp3) is 0.706. The molecule has 7 heteroatoms. The molecule has 1 spiro atoms. The van der Waals surface area contributed by atoms with Crippen LogP contribution in [0, 0.1) is 12.3 Å². The Morgan fingerprint density at radius 2 is 2.04 bits per heavy atom. The predicted molar refractivity (Wildman–Crippen MR) is 86.3 cm³/mol. The van der Waals surface area contributed by atoms with Gasteiger partial charge in [-0.1, -0.05) is 0 Å². The number of likely N-dealkylation sites (tertiary alicyclic amines) is 2. The van der Waals surface area contributed by atoms with Crippen LogP contribution in [0.3, 0.4) is 0 Å². The van der Waals surface area contributed by atoms with Crippen molar-refractivity contribution in [1.82, 2.24) is 14.8 Å². The Kier molecular flexibility index (Phi) is 4.15. The second-order valence-corrected chi connectivity index (χ2v) is 7.48. The molecule has 0 aromatic carbocycles. The van der Waals surface area contributed by atoms with E-state index in [2.05, 4.69) is 4.98 Å². The summed E-state index contributed by atoms with van der Waals surface area (Å²) in [7, 11) is 0. The molecule has 1 aromatic heterocycles. The summed E-state index contributed by atoms with van der Waals surface area (Å²) in [6.45, 7) is 7.11. The van der Waals surface area contributed by atoms with Crippen LogP contribution in [0.2, 0.25) is 0 Å². The first-order valence-electron chi connectivity index (χ1n) is 8.39. The summed E-state index contributed by atoms with van der Waals surface area (Å²) in [5, 5.41) is 9.77. The van der Waals surface area contributed by atoms with Gasteiger partial charge in [-0.3, -0.25) is 9.59 Å². The van der Waals surface area contributed by atoms with Crippen molar-refractivity contribution >= 4 is 11.8 Å². The molecule has 3 heterocycles. The van der Waals surface area contributed by atoms with Crippen molar-refractivity contribution in [2.24, 2.45) is 5.41 Å². The largest absolute Gasteiger partial charge is 0.448 e. The van der Waals surface area contributed by atoms with Crippen molar-refractivity contribution in [3.8, 4) is 0 Å². The van der Waals surface area contributed by atoms with Crippen LogP contribution in [0.25, 0.3) is 0 Å². The molecule has 0 aliphatic carbocycles. The van der Waals surface area contributed by atoms with Crippen molar-refractivity contribution in [2.45, 2.75) is 45.6 Å². The molecule has 24 heavy (non-hydrogen) atoms. The lowest BCUT2D eigenvalue weighted by Gasteiger charge is -2.39. The third-order valence-electron chi connectivity index (χ3n) is 5.57. The number of aryl methyl sites for hydroxylation is 1. The molecule has 7 nitrogen and oxygen atoms in total. The van der Waals surface area contributed by atoms with E-state index >= 15 is 0 Å². The number of carbonyl (C=O) groups is 2. The summed E-state index contributed by atoms with van der Waals surface area (Å²) in [6, 6.07) is 0. The van der Waals surface area contributed by atoms with Gasteiger partial charge in [-0.05, 0) is 31.6 Å². The van der Waals surface area contributed by atoms with Crippen molar-refractivity contribution in [3.05, 3.63) is 17.8 Å². The van der Waals surface area contributed by atoms with E-state index in [1.54, 1.807) is 23.6 Å². The smallest absolute Gasteiger partial charge is 0.275 e. The van der Waals surface area contributed by atoms with Crippen LogP contribution < -0.4 is 0 Å². The van der Waals surface area contributed by atoms with E-state index in [0.717, 1.165) is 19.3 Å². The fourth-order valence-electron chi connectivity index (χ4n) is 4.26. The number of piperidine rings is 1. The van der Waals surface area contributed by atoms with Crippen LogP contribution in [0.5, 0.6) is 0 Å². The molecule has 3 rings (SSSR count). The molecule has 132 valence electrons. The molecular weight excluding hydrogens is 310 g/mol. The summed E-state index contributed by atoms with van der Waals surface area (Å²) in [6.07, 6.45) is 3.84. The number of carbonyl (C=O) groups excluding carboxylic acids is 2. The average molecular weight is 335 g/mol. The van der Waals surface area contributed by atoms with Crippen molar-refractivity contribution < 1.29 is 19.1 Å². The average Bonchev–Trinajstić information content (AvgIpc) is 3.10. The van der Waals surface area contributed by atoms with Gasteiger partial charge in [0.05, 0.1) is 12.1 Å². The van der Waals surface area contributed by atoms with E-state index in [1.807, 2.05) is 6.92 Å². The molecule has 2 saturated heterocycles. The van der Waals surface area contributed by atoms with Gasteiger partial charge in [0.1, 0.15) is 6.26 Å². The van der Waals surface area contributed by atoms with Crippen LogP contribution in [0.15, 0.2) is 10.7 Å². The summed E-state index contributed by atoms with van der Waals surface area (Å²) in [4.78, 5) is 32.1. The third kappa shape index (κ3) is 2.81. The van der Waals surface area contributed by atoms with Crippen molar-refractivity contribution in [3.63, 3.8) is 0 Å². The number of nitrogens with zero attached hydrogens (tertiary/aromatic N) is 3. The lowest BCUT2D eigenvalue weighted by atomic mass is 9.74. The second-order valence-electron chi connectivity index (χ2n) is 7.48. The highest BCUT2D eigenvalue weighted by atomic mass is 16.3. The summed E-state index contributed by atoms with van der Waals surface area (Å²) < 4.78 is 5.12. The van der Waals surface area contributed by atoms with Gasteiger partial charge in [0.25, 0.3) is 5.91 Å². The highest BCUT2D eigenvalue weighted by Gasteiger charge is 2.52. The van der Waals surface area contributed by atoms with E-state index in [1.165, 1.54) is 6.26 Å². The highest BCUT2D eigenvalue weighted by Crippen LogP contribution is 2.48. The zero-order valence-corrected chi connectivity index (χ0v) is 14.5. The molecule has 2 aliphatic heterocycles. The Morgan fingerprint density at radius 3 is 2.50 bits per heavy atom. The zero-order valence-electron chi connectivity index (χ0n) is 14.5.